The zero-order valence-electron chi connectivity index (χ0n) is 13.4. The van der Waals surface area contributed by atoms with E-state index >= 15 is 0 Å². The summed E-state index contributed by atoms with van der Waals surface area (Å²) in [6, 6.07) is 13.9. The number of halogens is 3. The number of nitrogens with one attached hydrogen (secondary N) is 1. The molecular weight excluding hydrogens is 421 g/mol. The Morgan fingerprint density at radius 1 is 1.04 bits per heavy atom. The Kier molecular flexibility index (Phi) is 4.76. The number of anilines is 1. The largest absolute Gasteiger partial charge is 0.370 e. The highest BCUT2D eigenvalue weighted by Gasteiger charge is 2.22. The van der Waals surface area contributed by atoms with Crippen LogP contribution in [-0.2, 0) is 6.42 Å². The Morgan fingerprint density at radius 3 is 2.72 bits per heavy atom. The van der Waals surface area contributed by atoms with Gasteiger partial charge in [-0.2, -0.15) is 5.10 Å². The van der Waals surface area contributed by atoms with Gasteiger partial charge in [0, 0.05) is 22.1 Å². The molecule has 0 amide bonds. The molecule has 0 fully saturated rings. The minimum Gasteiger partial charge on any atom is -0.370 e. The standard InChI is InChI=1S/C19H16BrCl2N3/c20-13-5-3-4-12(10-13)18-15-6-1-2-9-23-19(15)25(24-18)14-7-8-16(21)17(22)11-14/h3-5,7-8,10-11,23H,1-2,6,9H2. The fraction of sp³-hybridized carbons (Fsp3) is 0.211. The highest BCUT2D eigenvalue weighted by molar-refractivity contribution is 9.10. The highest BCUT2D eigenvalue weighted by atomic mass is 79.9. The first-order chi connectivity index (χ1) is 12.1. The van der Waals surface area contributed by atoms with Crippen LogP contribution >= 0.6 is 39.1 Å². The molecule has 0 saturated carbocycles. The Morgan fingerprint density at radius 2 is 1.92 bits per heavy atom. The van der Waals surface area contributed by atoms with E-state index in [4.69, 9.17) is 28.3 Å². The van der Waals surface area contributed by atoms with E-state index in [0.717, 1.165) is 53.0 Å². The van der Waals surface area contributed by atoms with Gasteiger partial charge in [0.2, 0.25) is 0 Å². The van der Waals surface area contributed by atoms with Crippen molar-refractivity contribution in [3.05, 3.63) is 62.5 Å². The fourth-order valence-electron chi connectivity index (χ4n) is 3.17. The molecule has 4 rings (SSSR count). The predicted octanol–water partition coefficient (Wildman–Crippen LogP) is 6.36. The average Bonchev–Trinajstić information content (AvgIpc) is 2.79. The van der Waals surface area contributed by atoms with Gasteiger partial charge in [-0.15, -0.1) is 0 Å². The quantitative estimate of drug-likeness (QED) is 0.506. The van der Waals surface area contributed by atoms with Gasteiger partial charge in [-0.25, -0.2) is 4.68 Å². The molecule has 0 saturated heterocycles. The lowest BCUT2D eigenvalue weighted by atomic mass is 10.0. The van der Waals surface area contributed by atoms with Crippen molar-refractivity contribution >= 4 is 44.9 Å². The maximum absolute atomic E-state index is 6.22. The minimum absolute atomic E-state index is 0.529. The van der Waals surface area contributed by atoms with Crippen molar-refractivity contribution in [2.75, 3.05) is 11.9 Å². The fourth-order valence-corrected chi connectivity index (χ4v) is 3.87. The first kappa shape index (κ1) is 17.0. The van der Waals surface area contributed by atoms with Gasteiger partial charge < -0.3 is 5.32 Å². The SMILES string of the molecule is Clc1ccc(-n2nc(-c3cccc(Br)c3)c3c2NCCCC3)cc1Cl. The number of fused-ring (bicyclic) bond motifs is 1. The summed E-state index contributed by atoms with van der Waals surface area (Å²) < 4.78 is 2.99. The van der Waals surface area contributed by atoms with Gasteiger partial charge in [0.15, 0.2) is 0 Å². The van der Waals surface area contributed by atoms with E-state index in [0.29, 0.717) is 10.0 Å². The first-order valence-corrected chi connectivity index (χ1v) is 9.75. The monoisotopic (exact) mass is 435 g/mol. The molecule has 2 aromatic carbocycles. The predicted molar refractivity (Wildman–Crippen MR) is 108 cm³/mol. The van der Waals surface area contributed by atoms with Crippen molar-refractivity contribution < 1.29 is 0 Å². The van der Waals surface area contributed by atoms with Crippen LogP contribution in [0.25, 0.3) is 16.9 Å². The Balaban J connectivity index is 1.91. The van der Waals surface area contributed by atoms with Gasteiger partial charge in [0.05, 0.1) is 21.4 Å². The summed E-state index contributed by atoms with van der Waals surface area (Å²) >= 11 is 15.9. The zero-order chi connectivity index (χ0) is 17.4. The number of hydrogen-bond acceptors (Lipinski definition) is 2. The summed E-state index contributed by atoms with van der Waals surface area (Å²) in [7, 11) is 0. The summed E-state index contributed by atoms with van der Waals surface area (Å²) in [5, 5.41) is 9.54. The third kappa shape index (κ3) is 3.31. The highest BCUT2D eigenvalue weighted by Crippen LogP contribution is 2.35. The lowest BCUT2D eigenvalue weighted by Gasteiger charge is -2.10. The van der Waals surface area contributed by atoms with Crippen molar-refractivity contribution in [3.8, 4) is 16.9 Å². The second-order valence-corrected chi connectivity index (χ2v) is 7.81. The van der Waals surface area contributed by atoms with Gasteiger partial charge in [0.1, 0.15) is 5.82 Å². The maximum Gasteiger partial charge on any atom is 0.133 e. The Bertz CT molecular complexity index is 936. The normalized spacial score (nSPS) is 13.9. The summed E-state index contributed by atoms with van der Waals surface area (Å²) in [4.78, 5) is 0. The van der Waals surface area contributed by atoms with E-state index in [1.54, 1.807) is 0 Å². The number of hydrogen-bond donors (Lipinski definition) is 1. The van der Waals surface area contributed by atoms with Crippen molar-refractivity contribution in [1.82, 2.24) is 9.78 Å². The lowest BCUT2D eigenvalue weighted by molar-refractivity contribution is 0.780. The van der Waals surface area contributed by atoms with E-state index < -0.39 is 0 Å². The van der Waals surface area contributed by atoms with Crippen molar-refractivity contribution in [3.63, 3.8) is 0 Å². The molecule has 0 spiro atoms. The number of nitrogens with zero attached hydrogens (tertiary/aromatic N) is 2. The van der Waals surface area contributed by atoms with Gasteiger partial charge in [-0.05, 0) is 49.6 Å². The molecule has 1 aliphatic rings. The summed E-state index contributed by atoms with van der Waals surface area (Å²) in [6.07, 6.45) is 3.30. The van der Waals surface area contributed by atoms with Crippen LogP contribution in [0.5, 0.6) is 0 Å². The van der Waals surface area contributed by atoms with E-state index in [2.05, 4.69) is 33.4 Å². The molecule has 0 radical (unpaired) electrons. The van der Waals surface area contributed by atoms with Gasteiger partial charge in [-0.1, -0.05) is 51.3 Å². The summed E-state index contributed by atoms with van der Waals surface area (Å²) in [5.74, 6) is 1.05. The third-order valence-corrected chi connectivity index (χ3v) is 5.61. The van der Waals surface area contributed by atoms with Crippen molar-refractivity contribution in [2.24, 2.45) is 0 Å². The molecule has 1 N–H and O–H groups in total. The van der Waals surface area contributed by atoms with Crippen LogP contribution in [0.4, 0.5) is 5.82 Å². The first-order valence-electron chi connectivity index (χ1n) is 8.20. The third-order valence-electron chi connectivity index (χ3n) is 4.38. The average molecular weight is 437 g/mol. The second kappa shape index (κ2) is 7.02. The van der Waals surface area contributed by atoms with Crippen LogP contribution < -0.4 is 5.32 Å². The molecule has 3 nitrogen and oxygen atoms in total. The number of aromatic nitrogens is 2. The molecule has 1 aliphatic heterocycles. The number of rotatable bonds is 2. The molecule has 25 heavy (non-hydrogen) atoms. The molecule has 0 atom stereocenters. The second-order valence-electron chi connectivity index (χ2n) is 6.08. The molecule has 6 heteroatoms. The topological polar surface area (TPSA) is 29.9 Å². The molecule has 0 unspecified atom stereocenters. The zero-order valence-corrected chi connectivity index (χ0v) is 16.5. The van der Waals surface area contributed by atoms with Crippen LogP contribution in [0.2, 0.25) is 10.0 Å². The van der Waals surface area contributed by atoms with E-state index in [-0.39, 0.29) is 0 Å². The number of benzene rings is 2. The molecule has 1 aromatic heterocycles. The molecule has 0 aliphatic carbocycles. The molecule has 2 heterocycles. The van der Waals surface area contributed by atoms with Crippen LogP contribution in [-0.4, -0.2) is 16.3 Å². The summed E-state index contributed by atoms with van der Waals surface area (Å²) in [5.41, 5.74) is 4.27. The van der Waals surface area contributed by atoms with Gasteiger partial charge >= 0.3 is 0 Å². The van der Waals surface area contributed by atoms with Crippen molar-refractivity contribution in [2.45, 2.75) is 19.3 Å². The molecule has 0 bridgehead atoms. The Hall–Kier alpha value is -1.49. The summed E-state index contributed by atoms with van der Waals surface area (Å²) in [6.45, 7) is 0.942. The van der Waals surface area contributed by atoms with Crippen LogP contribution in [0.3, 0.4) is 0 Å². The molecular formula is C19H16BrCl2N3. The smallest absolute Gasteiger partial charge is 0.133 e. The van der Waals surface area contributed by atoms with Crippen LogP contribution in [0.1, 0.15) is 18.4 Å². The molecule has 128 valence electrons. The van der Waals surface area contributed by atoms with Gasteiger partial charge in [0.25, 0.3) is 0 Å². The Labute approximate surface area is 165 Å². The lowest BCUT2D eigenvalue weighted by Crippen LogP contribution is -2.07. The van der Waals surface area contributed by atoms with Crippen LogP contribution in [0.15, 0.2) is 46.9 Å². The van der Waals surface area contributed by atoms with E-state index in [1.807, 2.05) is 35.0 Å². The van der Waals surface area contributed by atoms with E-state index in [9.17, 15) is 0 Å². The maximum atomic E-state index is 6.22. The minimum atomic E-state index is 0.529. The molecule has 3 aromatic rings. The van der Waals surface area contributed by atoms with E-state index in [1.165, 1.54) is 5.56 Å². The van der Waals surface area contributed by atoms with Gasteiger partial charge in [-0.3, -0.25) is 0 Å². The van der Waals surface area contributed by atoms with Crippen molar-refractivity contribution in [1.29, 1.82) is 0 Å². The van der Waals surface area contributed by atoms with Crippen LogP contribution in [0, 0.1) is 0 Å².